The predicted octanol–water partition coefficient (Wildman–Crippen LogP) is 2.67. The number of aryl methyl sites for hydroxylation is 2. The van der Waals surface area contributed by atoms with Crippen LogP contribution in [0.2, 0.25) is 0 Å². The van der Waals surface area contributed by atoms with Gasteiger partial charge in [0.25, 0.3) is 5.56 Å². The Labute approximate surface area is 150 Å². The second-order valence-corrected chi connectivity index (χ2v) is 5.97. The molecule has 6 heteroatoms. The number of carbonyl (C=O) groups excluding carboxylic acids is 1. The summed E-state index contributed by atoms with van der Waals surface area (Å²) in [7, 11) is 0. The van der Waals surface area contributed by atoms with Crippen molar-refractivity contribution in [2.24, 2.45) is 0 Å². The zero-order valence-electron chi connectivity index (χ0n) is 14.9. The molecule has 0 fully saturated rings. The first-order valence-electron chi connectivity index (χ1n) is 8.38. The molecular weight excluding hydrogens is 332 g/mol. The smallest absolute Gasteiger partial charge is 0.338 e. The number of benzene rings is 2. The number of ether oxygens (including phenoxy) is 1. The molecule has 0 aliphatic carbocycles. The van der Waals surface area contributed by atoms with E-state index in [0.717, 1.165) is 0 Å². The Kier molecular flexibility index (Phi) is 4.86. The van der Waals surface area contributed by atoms with Gasteiger partial charge in [0.05, 0.1) is 28.8 Å². The van der Waals surface area contributed by atoms with E-state index >= 15 is 0 Å². The van der Waals surface area contributed by atoms with Crippen LogP contribution in [0.5, 0.6) is 0 Å². The first kappa shape index (κ1) is 17.8. The number of rotatable bonds is 4. The molecule has 26 heavy (non-hydrogen) atoms. The van der Waals surface area contributed by atoms with Gasteiger partial charge >= 0.3 is 5.97 Å². The maximum Gasteiger partial charge on any atom is 0.338 e. The first-order chi connectivity index (χ1) is 12.5. The van der Waals surface area contributed by atoms with Crippen molar-refractivity contribution in [2.45, 2.75) is 27.4 Å². The van der Waals surface area contributed by atoms with E-state index in [1.807, 2.05) is 6.07 Å². The standard InChI is InChI=1S/C20H20N2O4/c1-4-26-20(25)17-12(2)10-15-18(13(17)3)19(24)22(16(11-23)21-15)14-8-6-5-7-9-14/h5-10,23H,4,11H2,1-3H3. The van der Waals surface area contributed by atoms with Gasteiger partial charge in [-0.25, -0.2) is 9.78 Å². The average molecular weight is 352 g/mol. The molecule has 134 valence electrons. The van der Waals surface area contributed by atoms with Crippen molar-refractivity contribution in [1.29, 1.82) is 0 Å². The van der Waals surface area contributed by atoms with Crippen molar-refractivity contribution in [3.05, 3.63) is 69.3 Å². The van der Waals surface area contributed by atoms with Crippen LogP contribution in [0.4, 0.5) is 0 Å². The van der Waals surface area contributed by atoms with Gasteiger partial charge in [-0.05, 0) is 50.1 Å². The number of aromatic nitrogens is 2. The van der Waals surface area contributed by atoms with Gasteiger partial charge in [-0.2, -0.15) is 0 Å². The van der Waals surface area contributed by atoms with E-state index < -0.39 is 5.97 Å². The number of fused-ring (bicyclic) bond motifs is 1. The number of nitrogens with zero attached hydrogens (tertiary/aromatic N) is 2. The Bertz CT molecular complexity index is 1040. The third kappa shape index (κ3) is 2.88. The van der Waals surface area contributed by atoms with Crippen LogP contribution in [0.25, 0.3) is 16.6 Å². The highest BCUT2D eigenvalue weighted by Gasteiger charge is 2.21. The number of aliphatic hydroxyl groups excluding tert-OH is 1. The molecule has 2 aromatic carbocycles. The molecule has 1 aromatic heterocycles. The summed E-state index contributed by atoms with van der Waals surface area (Å²) in [5, 5.41) is 10.1. The Morgan fingerprint density at radius 3 is 2.54 bits per heavy atom. The van der Waals surface area contributed by atoms with Crippen molar-refractivity contribution in [1.82, 2.24) is 9.55 Å². The monoisotopic (exact) mass is 352 g/mol. The minimum Gasteiger partial charge on any atom is -0.462 e. The summed E-state index contributed by atoms with van der Waals surface area (Å²) in [5.41, 5.74) is 2.33. The summed E-state index contributed by atoms with van der Waals surface area (Å²) < 4.78 is 6.50. The summed E-state index contributed by atoms with van der Waals surface area (Å²) in [6.45, 7) is 5.12. The summed E-state index contributed by atoms with van der Waals surface area (Å²) >= 11 is 0. The zero-order valence-corrected chi connectivity index (χ0v) is 14.9. The molecule has 0 saturated heterocycles. The summed E-state index contributed by atoms with van der Waals surface area (Å²) in [6.07, 6.45) is 0. The number of hydrogen-bond donors (Lipinski definition) is 1. The van der Waals surface area contributed by atoms with Gasteiger partial charge < -0.3 is 9.84 Å². The minimum absolute atomic E-state index is 0.247. The summed E-state index contributed by atoms with van der Waals surface area (Å²) in [5.74, 6) is -0.210. The molecule has 1 N–H and O–H groups in total. The molecule has 6 nitrogen and oxygen atoms in total. The number of carbonyl (C=O) groups is 1. The molecule has 3 rings (SSSR count). The average Bonchev–Trinajstić information content (AvgIpc) is 2.61. The van der Waals surface area contributed by atoms with Crippen LogP contribution < -0.4 is 5.56 Å². The third-order valence-corrected chi connectivity index (χ3v) is 4.31. The van der Waals surface area contributed by atoms with Crippen LogP contribution in [0.1, 0.15) is 34.2 Å². The molecule has 1 heterocycles. The van der Waals surface area contributed by atoms with Crippen molar-refractivity contribution < 1.29 is 14.6 Å². The Hall–Kier alpha value is -2.99. The topological polar surface area (TPSA) is 81.4 Å². The van der Waals surface area contributed by atoms with E-state index in [1.54, 1.807) is 51.1 Å². The summed E-state index contributed by atoms with van der Waals surface area (Å²) in [6, 6.07) is 10.7. The van der Waals surface area contributed by atoms with E-state index in [9.17, 15) is 14.7 Å². The molecule has 3 aromatic rings. The fourth-order valence-corrected chi connectivity index (χ4v) is 3.21. The normalized spacial score (nSPS) is 10.9. The van der Waals surface area contributed by atoms with Gasteiger partial charge in [-0.3, -0.25) is 9.36 Å². The molecule has 0 unspecified atom stereocenters. The molecule has 0 aliphatic rings. The minimum atomic E-state index is -0.457. The largest absolute Gasteiger partial charge is 0.462 e. The Morgan fingerprint density at radius 1 is 1.23 bits per heavy atom. The van der Waals surface area contributed by atoms with E-state index in [-0.39, 0.29) is 24.6 Å². The van der Waals surface area contributed by atoms with Crippen LogP contribution >= 0.6 is 0 Å². The van der Waals surface area contributed by atoms with Gasteiger partial charge in [0, 0.05) is 0 Å². The molecule has 0 spiro atoms. The fraction of sp³-hybridized carbons (Fsp3) is 0.250. The molecular formula is C20H20N2O4. The van der Waals surface area contributed by atoms with Crippen molar-refractivity contribution in [3.63, 3.8) is 0 Å². The maximum absolute atomic E-state index is 13.2. The van der Waals surface area contributed by atoms with Gasteiger partial charge in [0.2, 0.25) is 0 Å². The molecule has 0 atom stereocenters. The van der Waals surface area contributed by atoms with Crippen LogP contribution in [-0.4, -0.2) is 27.2 Å². The number of aliphatic hydroxyl groups is 1. The maximum atomic E-state index is 13.2. The predicted molar refractivity (Wildman–Crippen MR) is 98.7 cm³/mol. The lowest BCUT2D eigenvalue weighted by Crippen LogP contribution is -2.25. The van der Waals surface area contributed by atoms with E-state index in [2.05, 4.69) is 4.98 Å². The highest BCUT2D eigenvalue weighted by Crippen LogP contribution is 2.24. The molecule has 0 bridgehead atoms. The second-order valence-electron chi connectivity index (χ2n) is 5.97. The number of para-hydroxylation sites is 1. The molecule has 0 saturated carbocycles. The Morgan fingerprint density at radius 2 is 1.92 bits per heavy atom. The van der Waals surface area contributed by atoms with Gasteiger partial charge in [-0.1, -0.05) is 18.2 Å². The SMILES string of the molecule is CCOC(=O)c1c(C)cc2nc(CO)n(-c3ccccc3)c(=O)c2c1C. The lowest BCUT2D eigenvalue weighted by molar-refractivity contribution is 0.0525. The number of esters is 1. The zero-order chi connectivity index (χ0) is 18.8. The first-order valence-corrected chi connectivity index (χ1v) is 8.38. The highest BCUT2D eigenvalue weighted by atomic mass is 16.5. The van der Waals surface area contributed by atoms with Crippen molar-refractivity contribution in [3.8, 4) is 5.69 Å². The van der Waals surface area contributed by atoms with E-state index in [0.29, 0.717) is 33.3 Å². The summed E-state index contributed by atoms with van der Waals surface area (Å²) in [4.78, 5) is 30.0. The van der Waals surface area contributed by atoms with Crippen molar-refractivity contribution in [2.75, 3.05) is 6.61 Å². The van der Waals surface area contributed by atoms with E-state index in [4.69, 9.17) is 4.74 Å². The Balaban J connectivity index is 2.40. The van der Waals surface area contributed by atoms with Crippen LogP contribution in [0, 0.1) is 13.8 Å². The fourth-order valence-electron chi connectivity index (χ4n) is 3.21. The second kappa shape index (κ2) is 7.09. The molecule has 0 radical (unpaired) electrons. The quantitative estimate of drug-likeness (QED) is 0.730. The van der Waals surface area contributed by atoms with Crippen LogP contribution in [-0.2, 0) is 11.3 Å². The molecule has 0 aliphatic heterocycles. The van der Waals surface area contributed by atoms with Gasteiger partial charge in [-0.15, -0.1) is 0 Å². The van der Waals surface area contributed by atoms with Gasteiger partial charge in [0.1, 0.15) is 12.4 Å². The van der Waals surface area contributed by atoms with Crippen molar-refractivity contribution >= 4 is 16.9 Å². The lowest BCUT2D eigenvalue weighted by atomic mass is 9.98. The number of hydrogen-bond acceptors (Lipinski definition) is 5. The lowest BCUT2D eigenvalue weighted by Gasteiger charge is -2.16. The van der Waals surface area contributed by atoms with E-state index in [1.165, 1.54) is 4.57 Å². The highest BCUT2D eigenvalue weighted by molar-refractivity contribution is 5.99. The van der Waals surface area contributed by atoms with Gasteiger partial charge in [0.15, 0.2) is 0 Å². The third-order valence-electron chi connectivity index (χ3n) is 4.31. The molecule has 0 amide bonds. The van der Waals surface area contributed by atoms with Crippen LogP contribution in [0.3, 0.4) is 0 Å². The van der Waals surface area contributed by atoms with Crippen LogP contribution in [0.15, 0.2) is 41.2 Å².